The zero-order valence-electron chi connectivity index (χ0n) is 6.06. The number of hydrogen-bond donors (Lipinski definition) is 1. The summed E-state index contributed by atoms with van der Waals surface area (Å²) in [6.07, 6.45) is -0.213. The van der Waals surface area contributed by atoms with Crippen LogP contribution in [0.5, 0.6) is 0 Å². The SMILES string of the molecule is CC[NH2+]C(=O)OCC.[Cl-].[Cl-]. The fourth-order valence-corrected chi connectivity index (χ4v) is 0.368. The van der Waals surface area contributed by atoms with E-state index in [4.69, 9.17) is 0 Å². The van der Waals surface area contributed by atoms with E-state index in [-0.39, 0.29) is 30.9 Å². The molecule has 10 heavy (non-hydrogen) atoms. The number of nitrogens with two attached hydrogens (primary N) is 1. The van der Waals surface area contributed by atoms with Crippen LogP contribution in [0.25, 0.3) is 0 Å². The molecule has 0 atom stereocenters. The maximum Gasteiger partial charge on any atom is 0.512 e. The molecule has 1 amide bonds. The minimum Gasteiger partial charge on any atom is -1.00 e. The number of carbonyl (C=O) groups is 1. The van der Waals surface area contributed by atoms with Gasteiger partial charge in [0.25, 0.3) is 0 Å². The standard InChI is InChI=1S/C5H11NO2.2ClH/c1-3-6-5(7)8-4-2;;/h3-4H2,1-2H3,(H,6,7);2*1H/p-1. The van der Waals surface area contributed by atoms with Crippen molar-refractivity contribution in [3.63, 3.8) is 0 Å². The van der Waals surface area contributed by atoms with E-state index in [0.29, 0.717) is 6.61 Å². The number of quaternary nitrogens is 1. The van der Waals surface area contributed by atoms with Crippen LogP contribution in [-0.4, -0.2) is 19.2 Å². The molecule has 0 saturated heterocycles. The van der Waals surface area contributed by atoms with Crippen molar-refractivity contribution in [3.05, 3.63) is 0 Å². The summed E-state index contributed by atoms with van der Waals surface area (Å²) in [6.45, 7) is 4.91. The molecular formula is C5H12Cl2NO2-. The molecular weight excluding hydrogens is 177 g/mol. The van der Waals surface area contributed by atoms with E-state index in [1.54, 1.807) is 6.92 Å². The molecule has 0 saturated carbocycles. The van der Waals surface area contributed by atoms with Gasteiger partial charge in [-0.05, 0) is 13.8 Å². The second-order valence-corrected chi connectivity index (χ2v) is 1.36. The van der Waals surface area contributed by atoms with Crippen molar-refractivity contribution in [2.24, 2.45) is 0 Å². The maximum atomic E-state index is 10.4. The molecule has 64 valence electrons. The molecule has 0 unspecified atom stereocenters. The van der Waals surface area contributed by atoms with E-state index in [1.165, 1.54) is 5.32 Å². The van der Waals surface area contributed by atoms with Crippen LogP contribution in [0.3, 0.4) is 0 Å². The summed E-state index contributed by atoms with van der Waals surface area (Å²) in [7, 11) is 0. The Labute approximate surface area is 73.3 Å². The Morgan fingerprint density at radius 1 is 1.40 bits per heavy atom. The van der Waals surface area contributed by atoms with Crippen LogP contribution >= 0.6 is 0 Å². The normalized spacial score (nSPS) is 7.00. The van der Waals surface area contributed by atoms with Crippen molar-refractivity contribution in [3.8, 4) is 0 Å². The second kappa shape index (κ2) is 11.8. The van der Waals surface area contributed by atoms with Crippen LogP contribution < -0.4 is 30.1 Å². The number of halogens is 2. The Hall–Kier alpha value is 0.01000. The highest BCUT2D eigenvalue weighted by molar-refractivity contribution is 5.55. The van der Waals surface area contributed by atoms with E-state index < -0.39 is 0 Å². The van der Waals surface area contributed by atoms with Crippen LogP contribution in [-0.2, 0) is 4.74 Å². The van der Waals surface area contributed by atoms with E-state index >= 15 is 0 Å². The first-order chi connectivity index (χ1) is 3.81. The van der Waals surface area contributed by atoms with Crippen LogP contribution in [0, 0.1) is 0 Å². The van der Waals surface area contributed by atoms with Crippen molar-refractivity contribution in [2.45, 2.75) is 13.8 Å². The average Bonchev–Trinajstić information content (AvgIpc) is 1.68. The molecule has 3 nitrogen and oxygen atoms in total. The van der Waals surface area contributed by atoms with Gasteiger partial charge in [0.05, 0.1) is 13.2 Å². The molecule has 0 fully saturated rings. The molecule has 0 aliphatic carbocycles. The number of amides is 1. The van der Waals surface area contributed by atoms with Gasteiger partial charge in [-0.3, -0.25) is 0 Å². The quantitative estimate of drug-likeness (QED) is 0.469. The lowest BCUT2D eigenvalue weighted by Gasteiger charge is -1.93. The monoisotopic (exact) mass is 188 g/mol. The van der Waals surface area contributed by atoms with E-state index in [2.05, 4.69) is 4.74 Å². The Bertz CT molecular complexity index is 72.0. The number of primary amides is 1. The van der Waals surface area contributed by atoms with Gasteiger partial charge in [-0.15, -0.1) is 0 Å². The molecule has 0 spiro atoms. The van der Waals surface area contributed by atoms with E-state index in [1.807, 2.05) is 6.92 Å². The molecule has 0 aliphatic heterocycles. The summed E-state index contributed by atoms with van der Waals surface area (Å²) in [5, 5.41) is 1.52. The third-order valence-corrected chi connectivity index (χ3v) is 0.657. The summed E-state index contributed by atoms with van der Waals surface area (Å²) in [5.74, 6) is 0. The van der Waals surface area contributed by atoms with Gasteiger partial charge in [0.1, 0.15) is 0 Å². The molecule has 2 N–H and O–H groups in total. The van der Waals surface area contributed by atoms with Crippen LogP contribution in [0.2, 0.25) is 0 Å². The van der Waals surface area contributed by atoms with Gasteiger partial charge in [0.2, 0.25) is 0 Å². The molecule has 0 aromatic rings. The lowest BCUT2D eigenvalue weighted by Crippen LogP contribution is -3.00. The summed E-state index contributed by atoms with van der Waals surface area (Å²) in [4.78, 5) is 10.4. The maximum absolute atomic E-state index is 10.4. The second-order valence-electron chi connectivity index (χ2n) is 1.36. The Kier molecular flexibility index (Phi) is 19.5. The lowest BCUT2D eigenvalue weighted by atomic mass is 10.7. The summed E-state index contributed by atoms with van der Waals surface area (Å²) < 4.78 is 4.59. The third-order valence-electron chi connectivity index (χ3n) is 0.657. The molecule has 0 aliphatic rings. The van der Waals surface area contributed by atoms with Gasteiger partial charge in [-0.2, -0.15) is 4.79 Å². The lowest BCUT2D eigenvalue weighted by molar-refractivity contribution is -0.566. The minimum absolute atomic E-state index is 0. The zero-order chi connectivity index (χ0) is 6.41. The fourth-order valence-electron chi connectivity index (χ4n) is 0.368. The predicted molar refractivity (Wildman–Crippen MR) is 29.5 cm³/mol. The first-order valence-corrected chi connectivity index (χ1v) is 2.81. The van der Waals surface area contributed by atoms with Crippen LogP contribution in [0.15, 0.2) is 0 Å². The van der Waals surface area contributed by atoms with Crippen LogP contribution in [0.4, 0.5) is 4.79 Å². The van der Waals surface area contributed by atoms with Crippen molar-refractivity contribution in [2.75, 3.05) is 13.2 Å². The van der Waals surface area contributed by atoms with Crippen molar-refractivity contribution < 1.29 is 39.7 Å². The molecule has 0 bridgehead atoms. The average molecular weight is 189 g/mol. The van der Waals surface area contributed by atoms with Crippen LogP contribution in [0.1, 0.15) is 13.8 Å². The molecule has 0 aromatic heterocycles. The molecule has 5 heteroatoms. The number of rotatable bonds is 2. The minimum atomic E-state index is -0.213. The van der Waals surface area contributed by atoms with Gasteiger partial charge in [-0.25, -0.2) is 5.32 Å². The van der Waals surface area contributed by atoms with Gasteiger partial charge in [0, 0.05) is 0 Å². The smallest absolute Gasteiger partial charge is 0.512 e. The summed E-state index contributed by atoms with van der Waals surface area (Å²) in [5.41, 5.74) is 0. The van der Waals surface area contributed by atoms with Crippen molar-refractivity contribution >= 4 is 6.09 Å². The summed E-state index contributed by atoms with van der Waals surface area (Å²) in [6, 6.07) is 0. The van der Waals surface area contributed by atoms with Crippen molar-refractivity contribution in [1.82, 2.24) is 0 Å². The molecule has 0 radical (unpaired) electrons. The zero-order valence-corrected chi connectivity index (χ0v) is 7.58. The fraction of sp³-hybridized carbons (Fsp3) is 0.800. The molecule has 0 rings (SSSR count). The van der Waals surface area contributed by atoms with E-state index in [0.717, 1.165) is 6.54 Å². The Morgan fingerprint density at radius 3 is 2.20 bits per heavy atom. The molecule has 0 aromatic carbocycles. The number of carbonyl (C=O) groups excluding carboxylic acids is 1. The Morgan fingerprint density at radius 2 is 1.90 bits per heavy atom. The van der Waals surface area contributed by atoms with Gasteiger partial charge < -0.3 is 29.6 Å². The highest BCUT2D eigenvalue weighted by atomic mass is 35.5. The van der Waals surface area contributed by atoms with Crippen molar-refractivity contribution in [1.29, 1.82) is 0 Å². The summed E-state index contributed by atoms with van der Waals surface area (Å²) >= 11 is 0. The largest absolute Gasteiger partial charge is 1.00 e. The first-order valence-electron chi connectivity index (χ1n) is 2.81. The van der Waals surface area contributed by atoms with Gasteiger partial charge >= 0.3 is 6.09 Å². The van der Waals surface area contributed by atoms with Gasteiger partial charge in [-0.1, -0.05) is 0 Å². The van der Waals surface area contributed by atoms with E-state index in [9.17, 15) is 4.79 Å². The topological polar surface area (TPSA) is 42.9 Å². The highest BCUT2D eigenvalue weighted by Gasteiger charge is 1.99. The van der Waals surface area contributed by atoms with Gasteiger partial charge in [0.15, 0.2) is 0 Å². The first kappa shape index (κ1) is 16.5. The molecule has 0 heterocycles. The number of hydrogen-bond acceptors (Lipinski definition) is 2. The predicted octanol–water partition coefficient (Wildman–Crippen LogP) is -6.27. The highest BCUT2D eigenvalue weighted by Crippen LogP contribution is 1.65. The Balaban J connectivity index is -0.000000245. The number of ether oxygens (including phenoxy) is 1. The third kappa shape index (κ3) is 10.9.